The fraction of sp³-hybridized carbons (Fsp3) is 0.143. The molecule has 0 saturated carbocycles. The van der Waals surface area contributed by atoms with Gasteiger partial charge in [0, 0.05) is 41.3 Å². The van der Waals surface area contributed by atoms with E-state index in [2.05, 4.69) is 27.6 Å². The molecule has 6 rings (SSSR count). The van der Waals surface area contributed by atoms with Crippen LogP contribution in [0.4, 0.5) is 15.8 Å². The third-order valence-corrected chi connectivity index (χ3v) is 9.22. The second-order valence-electron chi connectivity index (χ2n) is 10.5. The van der Waals surface area contributed by atoms with Crippen LogP contribution in [0.25, 0.3) is 17.0 Å². The van der Waals surface area contributed by atoms with Crippen LogP contribution in [-0.4, -0.2) is 39.0 Å². The van der Waals surface area contributed by atoms with Gasteiger partial charge in [-0.3, -0.25) is 19.8 Å². The molecule has 1 aromatic heterocycles. The Kier molecular flexibility index (Phi) is 9.87. The summed E-state index contributed by atoms with van der Waals surface area (Å²) in [6.45, 7) is 2.65. The minimum absolute atomic E-state index is 0.0331. The lowest BCUT2D eigenvalue weighted by Gasteiger charge is -2.16. The molecule has 0 spiro atoms. The highest BCUT2D eigenvalue weighted by atomic mass is 127. The van der Waals surface area contributed by atoms with E-state index in [-0.39, 0.29) is 24.0 Å². The van der Waals surface area contributed by atoms with Gasteiger partial charge in [0.2, 0.25) is 0 Å². The number of carbonyl (C=O) groups excluding carboxylic acids is 1. The van der Waals surface area contributed by atoms with E-state index in [0.29, 0.717) is 52.4 Å². The number of nitro groups is 1. The zero-order valence-electron chi connectivity index (χ0n) is 25.1. The first kappa shape index (κ1) is 32.3. The average Bonchev–Trinajstić information content (AvgIpc) is 3.60. The topological polar surface area (TPSA) is 110 Å². The Bertz CT molecular complexity index is 2030. The molecule has 0 bridgehead atoms. The number of ether oxygens (including phenoxy) is 2. The van der Waals surface area contributed by atoms with E-state index in [9.17, 15) is 19.3 Å². The molecule has 1 fully saturated rings. The third kappa shape index (κ3) is 7.33. The fourth-order valence-corrected chi connectivity index (χ4v) is 6.92. The van der Waals surface area contributed by atoms with E-state index in [1.807, 2.05) is 43.5 Å². The Morgan fingerprint density at radius 3 is 2.57 bits per heavy atom. The first-order valence-electron chi connectivity index (χ1n) is 14.7. The van der Waals surface area contributed by atoms with Crippen molar-refractivity contribution in [2.75, 3.05) is 13.2 Å². The van der Waals surface area contributed by atoms with Gasteiger partial charge in [-0.1, -0.05) is 36.4 Å². The van der Waals surface area contributed by atoms with Gasteiger partial charge in [-0.25, -0.2) is 9.38 Å². The predicted octanol–water partition coefficient (Wildman–Crippen LogP) is 8.64. The number of nitrogens with zero attached hydrogens (tertiary/aromatic N) is 3. The maximum absolute atomic E-state index is 14.2. The normalized spacial score (nSPS) is 14.8. The second-order valence-corrected chi connectivity index (χ2v) is 12.7. The molecule has 12 heteroatoms. The standard InChI is InChI=1S/C35H28FIN4O5S/c1-2-45-31-18-22(17-29(37)33(31)46-21-24-7-3-5-9-28(24)36)19-32-34(42)40(16-15-23-20-38-30-10-6-4-8-27(23)30)35(47-32)39-25-11-13-26(14-12-25)41(43)44/h3-14,17-20,38H,2,15-16,21H2,1H3/b32-19-,39-35?. The summed E-state index contributed by atoms with van der Waals surface area (Å²) < 4.78 is 26.9. The summed E-state index contributed by atoms with van der Waals surface area (Å²) in [4.78, 5) is 34.7. The van der Waals surface area contributed by atoms with E-state index < -0.39 is 4.92 Å². The smallest absolute Gasteiger partial charge is 0.269 e. The number of nitrogens with one attached hydrogen (secondary N) is 1. The van der Waals surface area contributed by atoms with Gasteiger partial charge in [0.1, 0.15) is 12.4 Å². The number of aromatic nitrogens is 1. The summed E-state index contributed by atoms with van der Waals surface area (Å²) in [6, 6.07) is 24.0. The summed E-state index contributed by atoms with van der Waals surface area (Å²) in [6.07, 6.45) is 4.33. The Morgan fingerprint density at radius 1 is 1.04 bits per heavy atom. The number of thioether (sulfide) groups is 1. The SMILES string of the molecule is CCOc1cc(/C=C2\SC(=Nc3ccc([N+](=O)[O-])cc3)N(CCc3c[nH]c4ccccc34)C2=O)cc(I)c1OCc1ccccc1F. The molecular weight excluding hydrogens is 734 g/mol. The highest BCUT2D eigenvalue weighted by Gasteiger charge is 2.33. The minimum atomic E-state index is -0.465. The molecule has 4 aromatic carbocycles. The molecule has 0 atom stereocenters. The van der Waals surface area contributed by atoms with Gasteiger partial charge in [-0.05, 0) is 101 Å². The average molecular weight is 763 g/mol. The first-order valence-corrected chi connectivity index (χ1v) is 16.6. The number of carbonyl (C=O) groups is 1. The van der Waals surface area contributed by atoms with Gasteiger partial charge < -0.3 is 14.5 Å². The van der Waals surface area contributed by atoms with Gasteiger partial charge in [0.25, 0.3) is 11.6 Å². The van der Waals surface area contributed by atoms with Crippen LogP contribution in [-0.2, 0) is 17.8 Å². The highest BCUT2D eigenvalue weighted by molar-refractivity contribution is 14.1. The number of hydrogen-bond donors (Lipinski definition) is 1. The molecular formula is C35H28FIN4O5S. The molecule has 238 valence electrons. The number of benzene rings is 4. The number of non-ortho nitro benzene ring substituents is 1. The van der Waals surface area contributed by atoms with Crippen LogP contribution < -0.4 is 9.47 Å². The number of amidine groups is 1. The molecule has 0 radical (unpaired) electrons. The van der Waals surface area contributed by atoms with Crippen LogP contribution in [0, 0.1) is 19.5 Å². The van der Waals surface area contributed by atoms with Crippen molar-refractivity contribution in [2.45, 2.75) is 20.0 Å². The number of hydrogen-bond acceptors (Lipinski definition) is 7. The molecule has 1 amide bonds. The Labute approximate surface area is 287 Å². The number of amides is 1. The molecule has 5 aromatic rings. The number of aromatic amines is 1. The lowest BCUT2D eigenvalue weighted by atomic mass is 10.1. The number of rotatable bonds is 11. The number of aliphatic imine (C=N–C) groups is 1. The predicted molar refractivity (Wildman–Crippen MR) is 191 cm³/mol. The minimum Gasteiger partial charge on any atom is -0.490 e. The van der Waals surface area contributed by atoms with Crippen LogP contribution >= 0.6 is 34.4 Å². The van der Waals surface area contributed by atoms with Gasteiger partial charge in [0.15, 0.2) is 16.7 Å². The maximum Gasteiger partial charge on any atom is 0.269 e. The summed E-state index contributed by atoms with van der Waals surface area (Å²) in [7, 11) is 0. The second kappa shape index (κ2) is 14.4. The van der Waals surface area contributed by atoms with Crippen LogP contribution in [0.15, 0.2) is 101 Å². The molecule has 0 aliphatic carbocycles. The highest BCUT2D eigenvalue weighted by Crippen LogP contribution is 2.39. The largest absolute Gasteiger partial charge is 0.490 e. The van der Waals surface area contributed by atoms with Crippen molar-refractivity contribution in [3.8, 4) is 11.5 Å². The number of halogens is 2. The molecule has 1 aliphatic heterocycles. The van der Waals surface area contributed by atoms with Crippen molar-refractivity contribution in [1.82, 2.24) is 9.88 Å². The quantitative estimate of drug-likeness (QED) is 0.0625. The molecule has 1 saturated heterocycles. The number of fused-ring (bicyclic) bond motifs is 1. The van der Waals surface area contributed by atoms with Crippen molar-refractivity contribution in [3.63, 3.8) is 0 Å². The van der Waals surface area contributed by atoms with E-state index in [0.717, 1.165) is 25.6 Å². The Hall–Kier alpha value is -4.69. The van der Waals surface area contributed by atoms with Gasteiger partial charge in [0.05, 0.1) is 25.7 Å². The lowest BCUT2D eigenvalue weighted by molar-refractivity contribution is -0.384. The van der Waals surface area contributed by atoms with Crippen molar-refractivity contribution in [1.29, 1.82) is 0 Å². The van der Waals surface area contributed by atoms with Gasteiger partial charge in [-0.15, -0.1) is 0 Å². The van der Waals surface area contributed by atoms with E-state index in [1.165, 1.54) is 30.0 Å². The summed E-state index contributed by atoms with van der Waals surface area (Å²) in [5, 5.41) is 12.7. The Balaban J connectivity index is 1.30. The zero-order chi connectivity index (χ0) is 32.9. The van der Waals surface area contributed by atoms with Crippen LogP contribution in [0.2, 0.25) is 0 Å². The first-order chi connectivity index (χ1) is 22.8. The molecule has 1 aliphatic rings. The number of para-hydroxylation sites is 1. The van der Waals surface area contributed by atoms with E-state index in [1.54, 1.807) is 47.4 Å². The Morgan fingerprint density at radius 2 is 1.81 bits per heavy atom. The molecule has 47 heavy (non-hydrogen) atoms. The molecule has 2 heterocycles. The zero-order valence-corrected chi connectivity index (χ0v) is 28.1. The van der Waals surface area contributed by atoms with Gasteiger partial charge in [-0.2, -0.15) is 0 Å². The third-order valence-electron chi connectivity index (χ3n) is 7.41. The van der Waals surface area contributed by atoms with Crippen molar-refractivity contribution < 1.29 is 23.6 Å². The molecule has 1 N–H and O–H groups in total. The van der Waals surface area contributed by atoms with E-state index in [4.69, 9.17) is 14.5 Å². The maximum atomic E-state index is 14.2. The number of H-pyrrole nitrogens is 1. The summed E-state index contributed by atoms with van der Waals surface area (Å²) >= 11 is 3.38. The monoisotopic (exact) mass is 762 g/mol. The van der Waals surface area contributed by atoms with Crippen molar-refractivity contribution in [2.24, 2.45) is 4.99 Å². The lowest BCUT2D eigenvalue weighted by Crippen LogP contribution is -2.31. The van der Waals surface area contributed by atoms with E-state index >= 15 is 0 Å². The molecule has 0 unspecified atom stereocenters. The fourth-order valence-electron chi connectivity index (χ4n) is 5.11. The van der Waals surface area contributed by atoms with Crippen LogP contribution in [0.3, 0.4) is 0 Å². The molecule has 9 nitrogen and oxygen atoms in total. The van der Waals surface area contributed by atoms with Crippen molar-refractivity contribution in [3.05, 3.63) is 132 Å². The van der Waals surface area contributed by atoms with Crippen LogP contribution in [0.5, 0.6) is 11.5 Å². The number of nitro benzene ring substituents is 1. The summed E-state index contributed by atoms with van der Waals surface area (Å²) in [5.41, 5.74) is 3.70. The van der Waals surface area contributed by atoms with Gasteiger partial charge >= 0.3 is 0 Å². The van der Waals surface area contributed by atoms with Crippen LogP contribution in [0.1, 0.15) is 23.6 Å². The summed E-state index contributed by atoms with van der Waals surface area (Å²) in [5.74, 6) is 0.417. The van der Waals surface area contributed by atoms with Crippen molar-refractivity contribution >= 4 is 73.8 Å².